The smallest absolute Gasteiger partial charge is 0.126 e. The van der Waals surface area contributed by atoms with Gasteiger partial charge in [-0.1, -0.05) is 18.2 Å². The fourth-order valence-electron chi connectivity index (χ4n) is 1.87. The second-order valence-corrected chi connectivity index (χ2v) is 4.53. The van der Waals surface area contributed by atoms with Crippen molar-refractivity contribution in [3.63, 3.8) is 0 Å². The van der Waals surface area contributed by atoms with E-state index in [2.05, 4.69) is 37.2 Å². The van der Waals surface area contributed by atoms with Gasteiger partial charge in [-0.3, -0.25) is 0 Å². The van der Waals surface area contributed by atoms with Crippen molar-refractivity contribution in [1.29, 1.82) is 0 Å². The maximum atomic E-state index is 5.83. The third-order valence-electron chi connectivity index (χ3n) is 2.41. The van der Waals surface area contributed by atoms with Crippen LogP contribution in [0.2, 0.25) is 0 Å². The van der Waals surface area contributed by atoms with Crippen LogP contribution in [0.15, 0.2) is 18.2 Å². The summed E-state index contributed by atoms with van der Waals surface area (Å²) in [6, 6.07) is 6.41. The molecule has 1 unspecified atom stereocenters. The van der Waals surface area contributed by atoms with Crippen LogP contribution >= 0.6 is 0 Å². The third kappa shape index (κ3) is 3.51. The molecule has 3 nitrogen and oxygen atoms in total. The van der Waals surface area contributed by atoms with E-state index in [1.54, 1.807) is 7.11 Å². The first kappa shape index (κ1) is 13.0. The van der Waals surface area contributed by atoms with Crippen LogP contribution in [0.3, 0.4) is 0 Å². The Morgan fingerprint density at radius 1 is 1.31 bits per heavy atom. The second-order valence-electron chi connectivity index (χ2n) is 4.53. The highest BCUT2D eigenvalue weighted by molar-refractivity contribution is 5.42. The fourth-order valence-corrected chi connectivity index (χ4v) is 1.87. The molecule has 0 aliphatic rings. The summed E-state index contributed by atoms with van der Waals surface area (Å²) in [6.45, 7) is 2.90. The van der Waals surface area contributed by atoms with E-state index >= 15 is 0 Å². The first-order valence-electron chi connectivity index (χ1n) is 5.59. The quantitative estimate of drug-likeness (QED) is 0.823. The summed E-state index contributed by atoms with van der Waals surface area (Å²) in [6.07, 6.45) is 0.852. The summed E-state index contributed by atoms with van der Waals surface area (Å²) in [5.74, 6) is 0.980. The minimum Gasteiger partial charge on any atom is -0.496 e. The van der Waals surface area contributed by atoms with Gasteiger partial charge in [0, 0.05) is 18.2 Å². The van der Waals surface area contributed by atoms with Gasteiger partial charge in [0.1, 0.15) is 5.75 Å². The summed E-state index contributed by atoms with van der Waals surface area (Å²) < 4.78 is 5.50. The summed E-state index contributed by atoms with van der Waals surface area (Å²) in [7, 11) is 5.83. The van der Waals surface area contributed by atoms with Crippen molar-refractivity contribution in [3.8, 4) is 5.75 Å². The molecule has 0 aliphatic carbocycles. The number of benzene rings is 1. The fraction of sp³-hybridized carbons (Fsp3) is 0.538. The molecule has 0 saturated heterocycles. The Morgan fingerprint density at radius 3 is 2.44 bits per heavy atom. The highest BCUT2D eigenvalue weighted by Crippen LogP contribution is 2.25. The lowest BCUT2D eigenvalue weighted by atomic mass is 10.0. The van der Waals surface area contributed by atoms with Crippen LogP contribution in [-0.4, -0.2) is 32.1 Å². The van der Waals surface area contributed by atoms with E-state index in [1.807, 2.05) is 6.92 Å². The zero-order chi connectivity index (χ0) is 12.1. The average molecular weight is 222 g/mol. The lowest BCUT2D eigenvalue weighted by Gasteiger charge is -2.17. The Bertz CT molecular complexity index is 306. The molecule has 1 aromatic carbocycles. The standard InChI is InChI=1S/C13H22N2O/c1-10(14)8-11-6-5-7-12(9-15(2)3)13(11)16-4/h5-7,10H,8-9,14H2,1-4H3. The van der Waals surface area contributed by atoms with Crippen LogP contribution in [0, 0.1) is 0 Å². The predicted molar refractivity (Wildman–Crippen MR) is 67.7 cm³/mol. The molecule has 1 rings (SSSR count). The van der Waals surface area contributed by atoms with Gasteiger partial charge in [-0.2, -0.15) is 0 Å². The number of hydrogen-bond donors (Lipinski definition) is 1. The molecule has 16 heavy (non-hydrogen) atoms. The van der Waals surface area contributed by atoms with E-state index in [0.717, 1.165) is 18.7 Å². The summed E-state index contributed by atoms with van der Waals surface area (Å²) in [4.78, 5) is 2.13. The van der Waals surface area contributed by atoms with Crippen molar-refractivity contribution in [3.05, 3.63) is 29.3 Å². The minimum absolute atomic E-state index is 0.156. The van der Waals surface area contributed by atoms with Gasteiger partial charge in [0.25, 0.3) is 0 Å². The van der Waals surface area contributed by atoms with E-state index in [9.17, 15) is 0 Å². The van der Waals surface area contributed by atoms with Crippen molar-refractivity contribution in [2.45, 2.75) is 25.9 Å². The molecule has 2 N–H and O–H groups in total. The molecule has 0 saturated carbocycles. The van der Waals surface area contributed by atoms with Gasteiger partial charge in [-0.15, -0.1) is 0 Å². The molecule has 0 spiro atoms. The van der Waals surface area contributed by atoms with E-state index in [4.69, 9.17) is 10.5 Å². The van der Waals surface area contributed by atoms with Crippen LogP contribution in [0.25, 0.3) is 0 Å². The Hall–Kier alpha value is -1.06. The lowest BCUT2D eigenvalue weighted by molar-refractivity contribution is 0.368. The average Bonchev–Trinajstić information content (AvgIpc) is 2.16. The zero-order valence-corrected chi connectivity index (χ0v) is 10.7. The number of nitrogens with two attached hydrogens (primary N) is 1. The molecule has 0 aromatic heterocycles. The molecular weight excluding hydrogens is 200 g/mol. The monoisotopic (exact) mass is 222 g/mol. The molecule has 90 valence electrons. The van der Waals surface area contributed by atoms with E-state index in [0.29, 0.717) is 0 Å². The van der Waals surface area contributed by atoms with Crippen molar-refractivity contribution in [1.82, 2.24) is 4.90 Å². The third-order valence-corrected chi connectivity index (χ3v) is 2.41. The number of para-hydroxylation sites is 1. The second kappa shape index (κ2) is 5.87. The van der Waals surface area contributed by atoms with Crippen LogP contribution < -0.4 is 10.5 Å². The molecule has 0 bridgehead atoms. The molecule has 1 aromatic rings. The molecular formula is C13H22N2O. The highest BCUT2D eigenvalue weighted by Gasteiger charge is 2.10. The summed E-state index contributed by atoms with van der Waals surface area (Å²) in [5.41, 5.74) is 8.24. The van der Waals surface area contributed by atoms with Gasteiger partial charge >= 0.3 is 0 Å². The molecule has 0 radical (unpaired) electrons. The maximum absolute atomic E-state index is 5.83. The van der Waals surface area contributed by atoms with E-state index in [1.165, 1.54) is 11.1 Å². The van der Waals surface area contributed by atoms with Crippen LogP contribution in [0.4, 0.5) is 0 Å². The number of rotatable bonds is 5. The maximum Gasteiger partial charge on any atom is 0.126 e. The topological polar surface area (TPSA) is 38.5 Å². The Morgan fingerprint density at radius 2 is 1.94 bits per heavy atom. The van der Waals surface area contributed by atoms with Crippen molar-refractivity contribution >= 4 is 0 Å². The van der Waals surface area contributed by atoms with Crippen molar-refractivity contribution in [2.75, 3.05) is 21.2 Å². The van der Waals surface area contributed by atoms with E-state index in [-0.39, 0.29) is 6.04 Å². The number of hydrogen-bond acceptors (Lipinski definition) is 3. The first-order chi connectivity index (χ1) is 7.54. The molecule has 0 heterocycles. The Balaban J connectivity index is 3.00. The molecule has 1 atom stereocenters. The van der Waals surface area contributed by atoms with Gasteiger partial charge in [-0.25, -0.2) is 0 Å². The van der Waals surface area contributed by atoms with Gasteiger partial charge < -0.3 is 15.4 Å². The SMILES string of the molecule is COc1c(CC(C)N)cccc1CN(C)C. The van der Waals surface area contributed by atoms with Gasteiger partial charge in [0.2, 0.25) is 0 Å². The molecule has 0 amide bonds. The number of nitrogens with zero attached hydrogens (tertiary/aromatic N) is 1. The Kier molecular flexibility index (Phi) is 4.77. The molecule has 3 heteroatoms. The first-order valence-corrected chi connectivity index (χ1v) is 5.59. The minimum atomic E-state index is 0.156. The Labute approximate surface area is 98.2 Å². The summed E-state index contributed by atoms with van der Waals surface area (Å²) >= 11 is 0. The van der Waals surface area contributed by atoms with Gasteiger partial charge in [-0.05, 0) is 33.0 Å². The number of methoxy groups -OCH3 is 1. The van der Waals surface area contributed by atoms with E-state index < -0.39 is 0 Å². The summed E-state index contributed by atoms with van der Waals surface area (Å²) in [5, 5.41) is 0. The largest absolute Gasteiger partial charge is 0.496 e. The van der Waals surface area contributed by atoms with Crippen LogP contribution in [0.1, 0.15) is 18.1 Å². The number of ether oxygens (including phenoxy) is 1. The predicted octanol–water partition coefficient (Wildman–Crippen LogP) is 1.65. The van der Waals surface area contributed by atoms with Crippen molar-refractivity contribution in [2.24, 2.45) is 5.73 Å². The van der Waals surface area contributed by atoms with Crippen LogP contribution in [-0.2, 0) is 13.0 Å². The van der Waals surface area contributed by atoms with Crippen LogP contribution in [0.5, 0.6) is 5.75 Å². The van der Waals surface area contributed by atoms with Crippen molar-refractivity contribution < 1.29 is 4.74 Å². The zero-order valence-electron chi connectivity index (χ0n) is 10.7. The van der Waals surface area contributed by atoms with Gasteiger partial charge in [0.05, 0.1) is 7.11 Å². The molecule has 0 aliphatic heterocycles. The molecule has 0 fully saturated rings. The lowest BCUT2D eigenvalue weighted by Crippen LogP contribution is -2.19. The van der Waals surface area contributed by atoms with Gasteiger partial charge in [0.15, 0.2) is 0 Å². The highest BCUT2D eigenvalue weighted by atomic mass is 16.5. The normalized spacial score (nSPS) is 12.9.